The maximum atomic E-state index is 13.3. The minimum Gasteiger partial charge on any atom is -0.393 e. The smallest absolute Gasteiger partial charge is 0.264 e. The number of aliphatic hydroxyl groups is 3. The Morgan fingerprint density at radius 2 is 1.00 bits per heavy atom. The second-order valence-corrected chi connectivity index (χ2v) is 27.8. The summed E-state index contributed by atoms with van der Waals surface area (Å²) in [5.74, 6) is 7.18. The summed E-state index contributed by atoms with van der Waals surface area (Å²) in [6, 6.07) is 0. The zero-order valence-electron chi connectivity index (χ0n) is 41.9. The molecule has 8 nitrogen and oxygen atoms in total. The summed E-state index contributed by atoms with van der Waals surface area (Å²) in [6.07, 6.45) is 26.4. The summed E-state index contributed by atoms with van der Waals surface area (Å²) in [7, 11) is -4.03. The van der Waals surface area contributed by atoms with Crippen LogP contribution in [0.1, 0.15) is 215 Å². The summed E-state index contributed by atoms with van der Waals surface area (Å²) in [5.41, 5.74) is 1.02. The Labute approximate surface area is 395 Å². The molecule has 8 rings (SSSR count). The molecule has 0 aliphatic heterocycles. The molecule has 8 saturated carbocycles. The maximum Gasteiger partial charge on any atom is 0.264 e. The zero-order valence-corrected chi connectivity index (χ0v) is 42.7. The first-order chi connectivity index (χ1) is 30.7. The average molecular weight is 927 g/mol. The molecule has 0 aromatic heterocycles. The predicted octanol–water partition coefficient (Wildman–Crippen LogP) is 11.8. The summed E-state index contributed by atoms with van der Waals surface area (Å²) in [6.45, 7) is 14.9. The van der Waals surface area contributed by atoms with Crippen LogP contribution in [-0.4, -0.2) is 63.9 Å². The first-order valence-electron chi connectivity index (χ1n) is 27.7. The third-order valence-corrected chi connectivity index (χ3v) is 24.0. The summed E-state index contributed by atoms with van der Waals surface area (Å²) in [4.78, 5) is 25.9. The predicted molar refractivity (Wildman–Crippen MR) is 258 cm³/mol. The number of hydrogen-bond acceptors (Lipinski definition) is 7. The summed E-state index contributed by atoms with van der Waals surface area (Å²) >= 11 is 0. The molecule has 0 radical (unpaired) electrons. The van der Waals surface area contributed by atoms with Gasteiger partial charge in [0.2, 0.25) is 0 Å². The van der Waals surface area contributed by atoms with Gasteiger partial charge in [-0.15, -0.1) is 0 Å². The number of unbranched alkanes of at least 4 members (excludes halogenated alkanes) is 2. The number of fused-ring (bicyclic) bond motifs is 10. The molecule has 8 aliphatic carbocycles. The Kier molecular flexibility index (Phi) is 15.3. The third kappa shape index (κ3) is 9.93. The Morgan fingerprint density at radius 1 is 0.538 bits per heavy atom. The lowest BCUT2D eigenvalue weighted by Crippen LogP contribution is -2.58. The van der Waals surface area contributed by atoms with Crippen LogP contribution in [0.25, 0.3) is 0 Å². The molecule has 0 heterocycles. The van der Waals surface area contributed by atoms with Gasteiger partial charge in [-0.25, -0.2) is 0 Å². The quantitative estimate of drug-likeness (QED) is 0.0784. The highest BCUT2D eigenvalue weighted by Gasteiger charge is 2.64. The van der Waals surface area contributed by atoms with Crippen LogP contribution in [0.3, 0.4) is 0 Å². The fraction of sp³-hybridized carbons (Fsp3) is 0.964. The van der Waals surface area contributed by atoms with Crippen molar-refractivity contribution in [3.05, 3.63) is 0 Å². The van der Waals surface area contributed by atoms with E-state index in [1.165, 1.54) is 83.5 Å². The fourth-order valence-corrected chi connectivity index (χ4v) is 20.0. The second kappa shape index (κ2) is 19.7. The van der Waals surface area contributed by atoms with Gasteiger partial charge in [-0.3, -0.25) is 14.1 Å². The third-order valence-electron chi connectivity index (χ3n) is 23.2. The molecule has 0 aromatic carbocycles. The molecule has 9 heteroatoms. The number of Topliss-reactive ketones (excluding diaryl/α,β-unsaturated/α-hetero) is 2. The van der Waals surface area contributed by atoms with E-state index in [4.69, 9.17) is 4.55 Å². The van der Waals surface area contributed by atoms with E-state index in [0.717, 1.165) is 70.1 Å². The Hall–Kier alpha value is -0.870. The standard InChI is InChI=1S/C56H94O8S/c1-35(43-19-21-46-52-48(25-29-56(43,46)6)54(4)27-23-42(59)32-39(54)34-50(52)61)14-16-40(57)12-9-7-8-11-37-22-26-53(3)38(31-37)33-49(60)51-45-20-18-44(55(45,5)28-24-47(51)53)36(2)15-17-41(58)13-10-30-65(62,63)64/h35-39,42-52,59-61H,7-34H2,1-6H3,(H,62,63,64)/t35-,36+,37+,38?,39?,42-,43-,44+,45?,46?,47-,48+,49-,50+,51-,52+,53-,54+,55+,56-/m1/s1. The number of hydrogen-bond donors (Lipinski definition) is 4. The van der Waals surface area contributed by atoms with Crippen molar-refractivity contribution in [3.8, 4) is 0 Å². The molecule has 0 bridgehead atoms. The molecule has 8 fully saturated rings. The van der Waals surface area contributed by atoms with Gasteiger partial charge < -0.3 is 15.3 Å². The fourth-order valence-electron chi connectivity index (χ4n) is 19.5. The minimum atomic E-state index is -4.03. The van der Waals surface area contributed by atoms with Gasteiger partial charge in [0.15, 0.2) is 0 Å². The number of aliphatic hydroxyl groups excluding tert-OH is 3. The lowest BCUT2D eigenvalue weighted by molar-refractivity contribution is -0.174. The van der Waals surface area contributed by atoms with E-state index in [1.54, 1.807) is 0 Å². The molecule has 0 amide bonds. The minimum absolute atomic E-state index is 0.0921. The molecular formula is C56H94O8S. The normalized spacial score (nSPS) is 46.7. The number of carbonyl (C=O) groups is 2. The SMILES string of the molecule is C[C@H](CCC(=O)CCCCC[C@H]1CC[C@]2(C)C(C1)C[C@@H](O)[C@@H]1C3CC[C@@H]([C@@H](C)CCC(=O)CCCS(=O)(=O)O)[C@]3(C)CC[C@H]12)[C@H]1CCC2[C@@H]3[C@@H](O)CC4C[C@H](O)CC[C@]4(C)[C@H]3CC[C@@]21C. The van der Waals surface area contributed by atoms with E-state index in [2.05, 4.69) is 41.5 Å². The van der Waals surface area contributed by atoms with Crippen molar-refractivity contribution in [1.82, 2.24) is 0 Å². The number of carbonyl (C=O) groups excluding carboxylic acids is 2. The molecule has 0 spiro atoms. The topological polar surface area (TPSA) is 149 Å². The van der Waals surface area contributed by atoms with Gasteiger partial charge in [0.05, 0.1) is 24.1 Å². The highest BCUT2D eigenvalue weighted by Crippen LogP contribution is 2.70. The van der Waals surface area contributed by atoms with Gasteiger partial charge in [-0.05, 0) is 227 Å². The van der Waals surface area contributed by atoms with Crippen LogP contribution in [0.4, 0.5) is 0 Å². The zero-order chi connectivity index (χ0) is 46.7. The van der Waals surface area contributed by atoms with Crippen molar-refractivity contribution in [2.75, 3.05) is 5.75 Å². The highest BCUT2D eigenvalue weighted by atomic mass is 32.2. The van der Waals surface area contributed by atoms with Crippen molar-refractivity contribution < 1.29 is 37.9 Å². The molecule has 8 aliphatic rings. The van der Waals surface area contributed by atoms with Crippen LogP contribution in [0.5, 0.6) is 0 Å². The van der Waals surface area contributed by atoms with E-state index in [-0.39, 0.29) is 58.9 Å². The molecule has 0 aromatic rings. The van der Waals surface area contributed by atoms with Crippen LogP contribution in [0, 0.1) is 98.6 Å². The van der Waals surface area contributed by atoms with Gasteiger partial charge in [0.25, 0.3) is 10.1 Å². The monoisotopic (exact) mass is 927 g/mol. The summed E-state index contributed by atoms with van der Waals surface area (Å²) in [5, 5.41) is 34.1. The molecular weight excluding hydrogens is 833 g/mol. The molecule has 20 atom stereocenters. The first kappa shape index (κ1) is 50.5. The van der Waals surface area contributed by atoms with Crippen molar-refractivity contribution >= 4 is 21.7 Å². The largest absolute Gasteiger partial charge is 0.393 e. The Bertz CT molecular complexity index is 1780. The van der Waals surface area contributed by atoms with Crippen LogP contribution in [0.15, 0.2) is 0 Å². The van der Waals surface area contributed by atoms with E-state index in [0.29, 0.717) is 95.1 Å². The Balaban J connectivity index is 0.741. The molecule has 4 N–H and O–H groups in total. The number of ketones is 2. The Morgan fingerprint density at radius 3 is 1.52 bits per heavy atom. The van der Waals surface area contributed by atoms with Crippen molar-refractivity contribution in [2.45, 2.75) is 233 Å². The van der Waals surface area contributed by atoms with Crippen LogP contribution >= 0.6 is 0 Å². The van der Waals surface area contributed by atoms with Crippen LogP contribution in [0.2, 0.25) is 0 Å². The summed E-state index contributed by atoms with van der Waals surface area (Å²) < 4.78 is 31.2. The number of rotatable bonds is 18. The van der Waals surface area contributed by atoms with E-state index >= 15 is 0 Å². The lowest BCUT2D eigenvalue weighted by Gasteiger charge is -2.62. The van der Waals surface area contributed by atoms with Gasteiger partial charge in [0, 0.05) is 25.7 Å². The lowest BCUT2D eigenvalue weighted by atomic mass is 9.43. The maximum absolute atomic E-state index is 13.3. The van der Waals surface area contributed by atoms with Gasteiger partial charge in [-0.1, -0.05) is 60.8 Å². The molecule has 65 heavy (non-hydrogen) atoms. The van der Waals surface area contributed by atoms with E-state index in [9.17, 15) is 33.3 Å². The van der Waals surface area contributed by atoms with Gasteiger partial charge >= 0.3 is 0 Å². The second-order valence-electron chi connectivity index (χ2n) is 26.2. The van der Waals surface area contributed by atoms with Crippen LogP contribution < -0.4 is 0 Å². The van der Waals surface area contributed by atoms with E-state index in [1.807, 2.05) is 0 Å². The van der Waals surface area contributed by atoms with E-state index < -0.39 is 10.1 Å². The van der Waals surface area contributed by atoms with Gasteiger partial charge in [-0.2, -0.15) is 8.42 Å². The highest BCUT2D eigenvalue weighted by molar-refractivity contribution is 7.85. The first-order valence-corrected chi connectivity index (χ1v) is 29.3. The van der Waals surface area contributed by atoms with Crippen molar-refractivity contribution in [1.29, 1.82) is 0 Å². The molecule has 372 valence electrons. The van der Waals surface area contributed by atoms with Gasteiger partial charge in [0.1, 0.15) is 11.6 Å². The van der Waals surface area contributed by atoms with Crippen LogP contribution in [-0.2, 0) is 19.7 Å². The van der Waals surface area contributed by atoms with Crippen molar-refractivity contribution in [3.63, 3.8) is 0 Å². The molecule has 0 saturated heterocycles. The molecule has 4 unspecified atom stereocenters. The average Bonchev–Trinajstić information content (AvgIpc) is 3.79. The van der Waals surface area contributed by atoms with Crippen molar-refractivity contribution in [2.24, 2.45) is 98.6 Å².